The van der Waals surface area contributed by atoms with Gasteiger partial charge < -0.3 is 5.32 Å². The molecule has 2 fully saturated rings. The molecule has 0 saturated heterocycles. The van der Waals surface area contributed by atoms with Crippen LogP contribution in [0.5, 0.6) is 0 Å². The standard InChI is InChI=1S/C10H14N2O/c11-6-8-2-1-3-9(8)12-10(13)7-4-5-7/h7-9H,1-5H2,(H,12,13). The normalized spacial score (nSPS) is 32.5. The molecule has 70 valence electrons. The van der Waals surface area contributed by atoms with E-state index in [9.17, 15) is 4.79 Å². The maximum atomic E-state index is 11.4. The second-order valence-electron chi connectivity index (χ2n) is 4.06. The van der Waals surface area contributed by atoms with E-state index in [2.05, 4.69) is 11.4 Å². The van der Waals surface area contributed by atoms with Crippen molar-refractivity contribution in [2.24, 2.45) is 11.8 Å². The van der Waals surface area contributed by atoms with E-state index in [1.165, 1.54) is 0 Å². The van der Waals surface area contributed by atoms with Gasteiger partial charge in [-0.2, -0.15) is 5.26 Å². The number of hydrogen-bond acceptors (Lipinski definition) is 2. The highest BCUT2D eigenvalue weighted by Crippen LogP contribution is 2.31. The summed E-state index contributed by atoms with van der Waals surface area (Å²) in [5.74, 6) is 0.495. The van der Waals surface area contributed by atoms with Crippen molar-refractivity contribution < 1.29 is 4.79 Å². The Kier molecular flexibility index (Phi) is 2.22. The van der Waals surface area contributed by atoms with Crippen LogP contribution in [0.3, 0.4) is 0 Å². The summed E-state index contributed by atoms with van der Waals surface area (Å²) < 4.78 is 0. The van der Waals surface area contributed by atoms with Crippen molar-refractivity contribution in [2.75, 3.05) is 0 Å². The third-order valence-electron chi connectivity index (χ3n) is 2.96. The zero-order valence-electron chi connectivity index (χ0n) is 7.62. The van der Waals surface area contributed by atoms with E-state index < -0.39 is 0 Å². The first kappa shape index (κ1) is 8.55. The zero-order chi connectivity index (χ0) is 9.26. The van der Waals surface area contributed by atoms with Crippen LogP contribution >= 0.6 is 0 Å². The molecule has 3 heteroatoms. The molecule has 0 heterocycles. The van der Waals surface area contributed by atoms with Gasteiger partial charge in [0, 0.05) is 12.0 Å². The van der Waals surface area contributed by atoms with Crippen molar-refractivity contribution in [1.29, 1.82) is 5.26 Å². The van der Waals surface area contributed by atoms with Crippen LogP contribution in [0.15, 0.2) is 0 Å². The number of rotatable bonds is 2. The van der Waals surface area contributed by atoms with Crippen molar-refractivity contribution in [1.82, 2.24) is 5.32 Å². The smallest absolute Gasteiger partial charge is 0.223 e. The van der Waals surface area contributed by atoms with Crippen molar-refractivity contribution in [3.05, 3.63) is 0 Å². The summed E-state index contributed by atoms with van der Waals surface area (Å²) in [6, 6.07) is 2.40. The average Bonchev–Trinajstić information content (AvgIpc) is 2.88. The Bertz CT molecular complexity index is 252. The van der Waals surface area contributed by atoms with Crippen molar-refractivity contribution >= 4 is 5.91 Å². The third-order valence-corrected chi connectivity index (χ3v) is 2.96. The fourth-order valence-electron chi connectivity index (χ4n) is 1.93. The number of amides is 1. The molecule has 0 spiro atoms. The highest BCUT2D eigenvalue weighted by atomic mass is 16.2. The Morgan fingerprint density at radius 1 is 1.31 bits per heavy atom. The van der Waals surface area contributed by atoms with Gasteiger partial charge in [0.2, 0.25) is 5.91 Å². The minimum absolute atomic E-state index is 0.0581. The molecule has 2 atom stereocenters. The molecule has 0 bridgehead atoms. The molecule has 2 aliphatic carbocycles. The Labute approximate surface area is 78.1 Å². The second kappa shape index (κ2) is 3.37. The molecule has 0 aromatic heterocycles. The van der Waals surface area contributed by atoms with Gasteiger partial charge in [-0.15, -0.1) is 0 Å². The Balaban J connectivity index is 1.86. The minimum atomic E-state index is 0.0581. The lowest BCUT2D eigenvalue weighted by Gasteiger charge is -2.14. The van der Waals surface area contributed by atoms with Gasteiger partial charge in [-0.1, -0.05) is 0 Å². The molecule has 2 saturated carbocycles. The first-order valence-corrected chi connectivity index (χ1v) is 5.01. The topological polar surface area (TPSA) is 52.9 Å². The van der Waals surface area contributed by atoms with Crippen molar-refractivity contribution in [2.45, 2.75) is 38.1 Å². The van der Waals surface area contributed by atoms with E-state index in [1.807, 2.05) is 0 Å². The first-order chi connectivity index (χ1) is 6.31. The van der Waals surface area contributed by atoms with Crippen molar-refractivity contribution in [3.63, 3.8) is 0 Å². The van der Waals surface area contributed by atoms with Crippen LogP contribution in [0.2, 0.25) is 0 Å². The van der Waals surface area contributed by atoms with E-state index in [-0.39, 0.29) is 23.8 Å². The van der Waals surface area contributed by atoms with Crippen LogP contribution in [-0.4, -0.2) is 11.9 Å². The lowest BCUT2D eigenvalue weighted by Crippen LogP contribution is -2.37. The Hall–Kier alpha value is -1.04. The number of nitrogens with one attached hydrogen (secondary N) is 1. The number of carbonyl (C=O) groups is 1. The number of carbonyl (C=O) groups excluding carboxylic acids is 1. The molecule has 0 aromatic rings. The Morgan fingerprint density at radius 2 is 2.08 bits per heavy atom. The van der Waals surface area contributed by atoms with Crippen LogP contribution in [0.1, 0.15) is 32.1 Å². The predicted molar refractivity (Wildman–Crippen MR) is 47.6 cm³/mol. The Morgan fingerprint density at radius 3 is 2.69 bits per heavy atom. The van der Waals surface area contributed by atoms with Crippen LogP contribution < -0.4 is 5.32 Å². The first-order valence-electron chi connectivity index (χ1n) is 5.01. The summed E-state index contributed by atoms with van der Waals surface area (Å²) in [6.07, 6.45) is 5.09. The summed E-state index contributed by atoms with van der Waals surface area (Å²) in [4.78, 5) is 11.4. The lowest BCUT2D eigenvalue weighted by atomic mass is 10.1. The molecule has 2 rings (SSSR count). The van der Waals surface area contributed by atoms with Gasteiger partial charge in [-0.05, 0) is 32.1 Å². The average molecular weight is 178 g/mol. The summed E-state index contributed by atoms with van der Waals surface area (Å²) >= 11 is 0. The van der Waals surface area contributed by atoms with Gasteiger partial charge in [0.1, 0.15) is 0 Å². The molecule has 1 N–H and O–H groups in total. The zero-order valence-corrected chi connectivity index (χ0v) is 7.62. The van der Waals surface area contributed by atoms with Gasteiger partial charge in [-0.3, -0.25) is 4.79 Å². The van der Waals surface area contributed by atoms with E-state index in [1.54, 1.807) is 0 Å². The third kappa shape index (κ3) is 1.82. The maximum Gasteiger partial charge on any atom is 0.223 e. The SMILES string of the molecule is N#CC1CCCC1NC(=O)C1CC1. The van der Waals surface area contributed by atoms with Gasteiger partial charge in [-0.25, -0.2) is 0 Å². The van der Waals surface area contributed by atoms with Gasteiger partial charge in [0.05, 0.1) is 12.0 Å². The van der Waals surface area contributed by atoms with Crippen LogP contribution in [0.25, 0.3) is 0 Å². The number of hydrogen-bond donors (Lipinski definition) is 1. The van der Waals surface area contributed by atoms with Gasteiger partial charge >= 0.3 is 0 Å². The van der Waals surface area contributed by atoms with E-state index in [0.717, 1.165) is 32.1 Å². The van der Waals surface area contributed by atoms with Gasteiger partial charge in [0.15, 0.2) is 0 Å². The van der Waals surface area contributed by atoms with Crippen LogP contribution in [0.4, 0.5) is 0 Å². The molecule has 3 nitrogen and oxygen atoms in total. The lowest BCUT2D eigenvalue weighted by molar-refractivity contribution is -0.123. The van der Waals surface area contributed by atoms with Gasteiger partial charge in [0.25, 0.3) is 0 Å². The largest absolute Gasteiger partial charge is 0.352 e. The molecule has 0 aliphatic heterocycles. The molecular weight excluding hydrogens is 164 g/mol. The van der Waals surface area contributed by atoms with E-state index >= 15 is 0 Å². The van der Waals surface area contributed by atoms with Crippen LogP contribution in [0, 0.1) is 23.2 Å². The summed E-state index contributed by atoms with van der Waals surface area (Å²) in [6.45, 7) is 0. The van der Waals surface area contributed by atoms with E-state index in [0.29, 0.717) is 0 Å². The van der Waals surface area contributed by atoms with Crippen LogP contribution in [-0.2, 0) is 4.79 Å². The van der Waals surface area contributed by atoms with Crippen molar-refractivity contribution in [3.8, 4) is 6.07 Å². The highest BCUT2D eigenvalue weighted by Gasteiger charge is 2.34. The molecule has 1 amide bonds. The molecule has 0 radical (unpaired) electrons. The predicted octanol–water partition coefficient (Wildman–Crippen LogP) is 1.20. The molecule has 2 aliphatic rings. The highest BCUT2D eigenvalue weighted by molar-refractivity contribution is 5.81. The molecule has 13 heavy (non-hydrogen) atoms. The summed E-state index contributed by atoms with van der Waals surface area (Å²) in [5.41, 5.74) is 0. The minimum Gasteiger partial charge on any atom is -0.352 e. The molecule has 0 aromatic carbocycles. The number of nitrogens with zero attached hydrogens (tertiary/aromatic N) is 1. The fourth-order valence-corrected chi connectivity index (χ4v) is 1.93. The second-order valence-corrected chi connectivity index (χ2v) is 4.06. The quantitative estimate of drug-likeness (QED) is 0.690. The maximum absolute atomic E-state index is 11.4. The number of nitriles is 1. The monoisotopic (exact) mass is 178 g/mol. The summed E-state index contributed by atoms with van der Waals surface area (Å²) in [5, 5.41) is 11.8. The molecule has 2 unspecified atom stereocenters. The van der Waals surface area contributed by atoms with E-state index in [4.69, 9.17) is 5.26 Å². The molecular formula is C10H14N2O. The fraction of sp³-hybridized carbons (Fsp3) is 0.800. The summed E-state index contributed by atoms with van der Waals surface area (Å²) in [7, 11) is 0.